The Morgan fingerprint density at radius 2 is 1.64 bits per heavy atom. The Morgan fingerprint density at radius 3 is 2.21 bits per heavy atom. The normalized spacial score (nSPS) is 15.9. The van der Waals surface area contributed by atoms with Crippen molar-refractivity contribution in [3.8, 4) is 11.5 Å². The third-order valence-corrected chi connectivity index (χ3v) is 7.16. The lowest BCUT2D eigenvalue weighted by molar-refractivity contribution is -0.384. The highest BCUT2D eigenvalue weighted by Gasteiger charge is 2.17. The molecule has 1 unspecified atom stereocenters. The molecule has 2 aromatic rings. The van der Waals surface area contributed by atoms with Gasteiger partial charge in [-0.1, -0.05) is 0 Å². The van der Waals surface area contributed by atoms with Crippen LogP contribution >= 0.6 is 10.5 Å². The van der Waals surface area contributed by atoms with Crippen molar-refractivity contribution in [2.75, 3.05) is 33.9 Å². The van der Waals surface area contributed by atoms with E-state index in [0.717, 1.165) is 29.4 Å². The molecule has 0 spiro atoms. The van der Waals surface area contributed by atoms with Crippen LogP contribution < -0.4 is 9.47 Å². The third-order valence-electron chi connectivity index (χ3n) is 4.87. The molecule has 1 aliphatic rings. The second-order valence-electron chi connectivity index (χ2n) is 6.76. The molecular weight excluding hydrogens is 376 g/mol. The molecule has 28 heavy (non-hydrogen) atoms. The molecule has 1 heterocycles. The van der Waals surface area contributed by atoms with Crippen LogP contribution in [-0.4, -0.2) is 48.5 Å². The summed E-state index contributed by atoms with van der Waals surface area (Å²) in [4.78, 5) is 16.7. The van der Waals surface area contributed by atoms with Crippen LogP contribution in [0.5, 0.6) is 11.5 Å². The van der Waals surface area contributed by atoms with Crippen molar-refractivity contribution in [2.45, 2.75) is 29.6 Å². The molecule has 1 saturated heterocycles. The van der Waals surface area contributed by atoms with Crippen molar-refractivity contribution in [3.05, 3.63) is 52.6 Å². The number of non-ortho nitro benzene ring substituents is 1. The number of benzene rings is 2. The summed E-state index contributed by atoms with van der Waals surface area (Å²) < 4.78 is 10.9. The maximum Gasteiger partial charge on any atom is 0.269 e. The molecule has 3 rings (SSSR count). The minimum atomic E-state index is -0.362. The SMILES string of the molecule is COc1ccc(/S(=C(/C)CN2CCCC2)c2ccc([N+](=O)[O-])cc2)cc1OC. The third kappa shape index (κ3) is 4.54. The summed E-state index contributed by atoms with van der Waals surface area (Å²) in [7, 11) is 2.94. The lowest BCUT2D eigenvalue weighted by Crippen LogP contribution is -2.25. The smallest absolute Gasteiger partial charge is 0.269 e. The molecule has 0 aromatic heterocycles. The quantitative estimate of drug-likeness (QED) is 0.385. The van der Waals surface area contributed by atoms with E-state index in [0.29, 0.717) is 11.5 Å². The lowest BCUT2D eigenvalue weighted by atomic mass is 10.3. The fourth-order valence-corrected chi connectivity index (χ4v) is 5.73. The fraction of sp³-hybridized carbons (Fsp3) is 0.381. The van der Waals surface area contributed by atoms with Crippen molar-refractivity contribution < 1.29 is 14.4 Å². The second-order valence-corrected chi connectivity index (χ2v) is 9.01. The molecule has 0 radical (unpaired) electrons. The van der Waals surface area contributed by atoms with Gasteiger partial charge in [-0.15, -0.1) is 10.5 Å². The molecule has 6 nitrogen and oxygen atoms in total. The first-order valence-corrected chi connectivity index (χ1v) is 10.5. The van der Waals surface area contributed by atoms with Crippen LogP contribution in [0.3, 0.4) is 0 Å². The van der Waals surface area contributed by atoms with E-state index in [9.17, 15) is 10.1 Å². The number of hydrogen-bond acceptors (Lipinski definition) is 5. The number of nitrogens with zero attached hydrogens (tertiary/aromatic N) is 2. The van der Waals surface area contributed by atoms with Gasteiger partial charge in [0.25, 0.3) is 5.69 Å². The van der Waals surface area contributed by atoms with E-state index in [4.69, 9.17) is 9.47 Å². The summed E-state index contributed by atoms with van der Waals surface area (Å²) in [5.74, 6) is 1.38. The molecule has 0 saturated carbocycles. The Bertz CT molecular complexity index is 874. The summed E-state index contributed by atoms with van der Waals surface area (Å²) in [5, 5.41) is 11.0. The van der Waals surface area contributed by atoms with Gasteiger partial charge >= 0.3 is 0 Å². The van der Waals surface area contributed by atoms with Crippen molar-refractivity contribution in [3.63, 3.8) is 0 Å². The first-order chi connectivity index (χ1) is 13.5. The van der Waals surface area contributed by atoms with E-state index < -0.39 is 0 Å². The molecule has 7 heteroatoms. The van der Waals surface area contributed by atoms with Crippen molar-refractivity contribution in [2.24, 2.45) is 0 Å². The van der Waals surface area contributed by atoms with Crippen LogP contribution in [0.4, 0.5) is 5.69 Å². The zero-order valence-corrected chi connectivity index (χ0v) is 17.3. The number of ether oxygens (including phenoxy) is 2. The van der Waals surface area contributed by atoms with Gasteiger partial charge in [-0.2, -0.15) is 0 Å². The number of likely N-dealkylation sites (tertiary alicyclic amines) is 1. The number of nitro groups is 1. The van der Waals surface area contributed by atoms with E-state index in [1.807, 2.05) is 24.3 Å². The van der Waals surface area contributed by atoms with Crippen LogP contribution in [0.25, 0.3) is 0 Å². The van der Waals surface area contributed by atoms with Crippen LogP contribution in [0.2, 0.25) is 0 Å². The van der Waals surface area contributed by atoms with Crippen molar-refractivity contribution in [1.29, 1.82) is 0 Å². The minimum absolute atomic E-state index is 0.108. The first-order valence-electron chi connectivity index (χ1n) is 9.29. The number of hydrogen-bond donors (Lipinski definition) is 0. The Kier molecular flexibility index (Phi) is 6.70. The van der Waals surface area contributed by atoms with Crippen molar-refractivity contribution >= 4 is 21.0 Å². The first kappa shape index (κ1) is 20.4. The average Bonchev–Trinajstić information content (AvgIpc) is 3.21. The Balaban J connectivity index is 2.07. The summed E-state index contributed by atoms with van der Waals surface area (Å²) in [6.45, 7) is 5.36. The standard InChI is InChI=1S/C21H26N2O4S/c1-16(15-22-12-4-5-13-22)28(18-8-6-17(7-9-18)23(24)25)19-10-11-20(26-2)21(14-19)27-3/h6-11,14H,4-5,12-13,15H2,1-3H3. The molecule has 0 amide bonds. The zero-order chi connectivity index (χ0) is 20.1. The Hall–Kier alpha value is -2.38. The van der Waals surface area contributed by atoms with E-state index in [-0.39, 0.29) is 21.1 Å². The lowest BCUT2D eigenvalue weighted by Gasteiger charge is -2.21. The van der Waals surface area contributed by atoms with Gasteiger partial charge in [0, 0.05) is 28.5 Å². The second kappa shape index (κ2) is 9.21. The summed E-state index contributed by atoms with van der Waals surface area (Å²) in [5.41, 5.74) is 0.108. The monoisotopic (exact) mass is 402 g/mol. The molecule has 0 aliphatic carbocycles. The highest BCUT2D eigenvalue weighted by atomic mass is 32.2. The predicted octanol–water partition coefficient (Wildman–Crippen LogP) is 4.59. The number of rotatable bonds is 7. The zero-order valence-electron chi connectivity index (χ0n) is 16.5. The van der Waals surface area contributed by atoms with Gasteiger partial charge < -0.3 is 9.47 Å². The van der Waals surface area contributed by atoms with Crippen LogP contribution in [0, 0.1) is 10.1 Å². The number of methoxy groups -OCH3 is 2. The fourth-order valence-electron chi connectivity index (χ4n) is 3.51. The van der Waals surface area contributed by atoms with Gasteiger partial charge in [0.2, 0.25) is 0 Å². The van der Waals surface area contributed by atoms with Crippen LogP contribution in [-0.2, 0) is 0 Å². The molecule has 1 aliphatic heterocycles. The van der Waals surface area contributed by atoms with Crippen LogP contribution in [0.15, 0.2) is 52.3 Å². The van der Waals surface area contributed by atoms with Crippen molar-refractivity contribution in [1.82, 2.24) is 4.90 Å². The maximum absolute atomic E-state index is 11.0. The molecule has 1 atom stereocenters. The largest absolute Gasteiger partial charge is 0.493 e. The van der Waals surface area contributed by atoms with E-state index in [2.05, 4.69) is 17.9 Å². The highest BCUT2D eigenvalue weighted by Crippen LogP contribution is 2.42. The molecule has 2 aromatic carbocycles. The molecule has 150 valence electrons. The molecule has 1 fully saturated rings. The maximum atomic E-state index is 11.0. The minimum Gasteiger partial charge on any atom is -0.493 e. The van der Waals surface area contributed by atoms with Gasteiger partial charge in [-0.3, -0.25) is 15.0 Å². The van der Waals surface area contributed by atoms with E-state index in [1.54, 1.807) is 26.4 Å². The number of nitro benzene ring substituents is 1. The molecule has 0 N–H and O–H groups in total. The summed E-state index contributed by atoms with van der Waals surface area (Å²) in [6.07, 6.45) is 2.49. The average molecular weight is 403 g/mol. The molecule has 0 bridgehead atoms. The van der Waals surface area contributed by atoms with Crippen LogP contribution in [0.1, 0.15) is 19.8 Å². The van der Waals surface area contributed by atoms with Gasteiger partial charge in [0.15, 0.2) is 11.5 Å². The summed E-state index contributed by atoms with van der Waals surface area (Å²) >= 11 is 0. The Labute approximate surface area is 168 Å². The van der Waals surface area contributed by atoms with Gasteiger partial charge in [0.1, 0.15) is 0 Å². The topological polar surface area (TPSA) is 64.8 Å². The van der Waals surface area contributed by atoms with Gasteiger partial charge in [-0.25, -0.2) is 0 Å². The highest BCUT2D eigenvalue weighted by molar-refractivity contribution is 8.16. The van der Waals surface area contributed by atoms with Gasteiger partial charge in [0.05, 0.1) is 19.1 Å². The molecular formula is C21H26N2O4S. The summed E-state index contributed by atoms with van der Waals surface area (Å²) in [6, 6.07) is 12.9. The van der Waals surface area contributed by atoms with E-state index >= 15 is 0 Å². The van der Waals surface area contributed by atoms with E-state index in [1.165, 1.54) is 17.7 Å². The predicted molar refractivity (Wildman–Crippen MR) is 113 cm³/mol. The van der Waals surface area contributed by atoms with Gasteiger partial charge in [-0.05, 0) is 68.1 Å². The Morgan fingerprint density at radius 1 is 1.04 bits per heavy atom.